The molecule has 3 heterocycles. The third kappa shape index (κ3) is 5.63. The Hall–Kier alpha value is -4.76. The smallest absolute Gasteiger partial charge is 0.280 e. The Morgan fingerprint density at radius 2 is 1.74 bits per heavy atom. The number of anilines is 1. The molecular formula is C26H24N6O5S. The van der Waals surface area contributed by atoms with Crippen LogP contribution in [0.15, 0.2) is 66.0 Å². The topological polar surface area (TPSA) is 149 Å². The van der Waals surface area contributed by atoms with Crippen molar-refractivity contribution in [2.24, 2.45) is 0 Å². The number of hydrogen-bond donors (Lipinski definition) is 1. The van der Waals surface area contributed by atoms with Gasteiger partial charge < -0.3 is 14.2 Å². The zero-order valence-corrected chi connectivity index (χ0v) is 21.9. The number of nitrogens with zero attached hydrogens (tertiary/aromatic N) is 5. The van der Waals surface area contributed by atoms with E-state index in [2.05, 4.69) is 24.7 Å². The van der Waals surface area contributed by atoms with Crippen molar-refractivity contribution in [1.29, 1.82) is 5.26 Å². The van der Waals surface area contributed by atoms with Crippen molar-refractivity contribution in [3.63, 3.8) is 0 Å². The molecule has 11 nitrogen and oxygen atoms in total. The predicted octanol–water partition coefficient (Wildman–Crippen LogP) is 4.54. The third-order valence-electron chi connectivity index (χ3n) is 5.37. The van der Waals surface area contributed by atoms with E-state index in [9.17, 15) is 13.7 Å². The summed E-state index contributed by atoms with van der Waals surface area (Å²) in [4.78, 5) is 16.9. The Morgan fingerprint density at radius 1 is 0.974 bits per heavy atom. The number of benzene rings is 1. The van der Waals surface area contributed by atoms with E-state index in [-0.39, 0.29) is 45.7 Å². The van der Waals surface area contributed by atoms with E-state index < -0.39 is 10.0 Å². The summed E-state index contributed by atoms with van der Waals surface area (Å²) >= 11 is 0. The lowest BCUT2D eigenvalue weighted by molar-refractivity contribution is 0.348. The second kappa shape index (κ2) is 11.1. The van der Waals surface area contributed by atoms with Gasteiger partial charge in [-0.05, 0) is 41.8 Å². The van der Waals surface area contributed by atoms with Crippen molar-refractivity contribution in [3.05, 3.63) is 72.2 Å². The molecule has 0 aliphatic heterocycles. The zero-order valence-electron chi connectivity index (χ0n) is 21.0. The number of pyridine rings is 2. The van der Waals surface area contributed by atoms with Crippen molar-refractivity contribution in [1.82, 2.24) is 19.9 Å². The zero-order chi connectivity index (χ0) is 27.3. The van der Waals surface area contributed by atoms with Crippen LogP contribution in [0.3, 0.4) is 0 Å². The first-order valence-corrected chi connectivity index (χ1v) is 12.9. The standard InChI is InChI=1S/C26H24N6O5S/c1-16(2)18-9-10-22(29-15-18)38(33,34)32-25-23(37-21-8-6-5-7-20(21)35-3)26(36-4)31-24(30-25)17-11-12-28-19(13-17)14-27/h5-13,15-16H,1-4H3,(H,30,31,32). The Balaban J connectivity index is 1.86. The molecule has 0 fully saturated rings. The molecule has 38 heavy (non-hydrogen) atoms. The normalized spacial score (nSPS) is 11.1. The average molecular weight is 533 g/mol. The van der Waals surface area contributed by atoms with Gasteiger partial charge in [-0.3, -0.25) is 4.72 Å². The first kappa shape index (κ1) is 26.3. The van der Waals surface area contributed by atoms with Gasteiger partial charge in [0.2, 0.25) is 5.75 Å². The number of sulfonamides is 1. The largest absolute Gasteiger partial charge is 0.493 e. The fraction of sp³-hybridized carbons (Fsp3) is 0.192. The lowest BCUT2D eigenvalue weighted by Gasteiger charge is -2.17. The fourth-order valence-corrected chi connectivity index (χ4v) is 4.31. The summed E-state index contributed by atoms with van der Waals surface area (Å²) in [5, 5.41) is 9.04. The molecule has 3 aromatic heterocycles. The maximum Gasteiger partial charge on any atom is 0.280 e. The van der Waals surface area contributed by atoms with E-state index >= 15 is 0 Å². The predicted molar refractivity (Wildman–Crippen MR) is 139 cm³/mol. The SMILES string of the molecule is COc1ccccc1Oc1c(NS(=O)(=O)c2ccc(C(C)C)cn2)nc(-c2ccnc(C#N)c2)nc1OC. The summed E-state index contributed by atoms with van der Waals surface area (Å²) in [5.74, 6) is 0.568. The highest BCUT2D eigenvalue weighted by atomic mass is 32.2. The van der Waals surface area contributed by atoms with E-state index in [4.69, 9.17) is 14.2 Å². The lowest BCUT2D eigenvalue weighted by atomic mass is 10.1. The van der Waals surface area contributed by atoms with Crippen molar-refractivity contribution in [3.8, 4) is 40.6 Å². The molecule has 0 unspecified atom stereocenters. The summed E-state index contributed by atoms with van der Waals surface area (Å²) in [7, 11) is -1.37. The number of methoxy groups -OCH3 is 2. The number of rotatable bonds is 9. The van der Waals surface area contributed by atoms with Gasteiger partial charge in [-0.25, -0.2) is 15.0 Å². The summed E-state index contributed by atoms with van der Waals surface area (Å²) in [5.41, 5.74) is 1.44. The summed E-state index contributed by atoms with van der Waals surface area (Å²) < 4.78 is 46.0. The molecule has 0 radical (unpaired) electrons. The second-order valence-electron chi connectivity index (χ2n) is 8.22. The van der Waals surface area contributed by atoms with Gasteiger partial charge in [-0.1, -0.05) is 32.0 Å². The molecule has 0 bridgehead atoms. The molecule has 0 atom stereocenters. The average Bonchev–Trinajstić information content (AvgIpc) is 2.94. The highest BCUT2D eigenvalue weighted by Crippen LogP contribution is 2.41. The van der Waals surface area contributed by atoms with Gasteiger partial charge in [0.15, 0.2) is 28.2 Å². The first-order chi connectivity index (χ1) is 18.2. The van der Waals surface area contributed by atoms with Crippen molar-refractivity contribution >= 4 is 15.8 Å². The molecule has 0 saturated heterocycles. The Bertz CT molecular complexity index is 1600. The molecule has 194 valence electrons. The van der Waals surface area contributed by atoms with E-state index in [0.717, 1.165) is 5.56 Å². The monoisotopic (exact) mass is 532 g/mol. The maximum absolute atomic E-state index is 13.4. The van der Waals surface area contributed by atoms with E-state index in [0.29, 0.717) is 11.3 Å². The van der Waals surface area contributed by atoms with Crippen LogP contribution in [0.1, 0.15) is 31.0 Å². The minimum absolute atomic E-state index is 0.0583. The number of hydrogen-bond acceptors (Lipinski definition) is 10. The molecule has 1 aromatic carbocycles. The minimum Gasteiger partial charge on any atom is -0.493 e. The van der Waals surface area contributed by atoms with Crippen LogP contribution < -0.4 is 18.9 Å². The molecule has 0 aliphatic carbocycles. The Kier molecular flexibility index (Phi) is 7.68. The number of nitriles is 1. The number of aromatic nitrogens is 4. The Morgan fingerprint density at radius 3 is 2.37 bits per heavy atom. The fourth-order valence-electron chi connectivity index (χ4n) is 3.37. The minimum atomic E-state index is -4.21. The summed E-state index contributed by atoms with van der Waals surface area (Å²) in [6.07, 6.45) is 2.94. The van der Waals surface area contributed by atoms with Crippen LogP contribution in [0.5, 0.6) is 23.1 Å². The quantitative estimate of drug-likeness (QED) is 0.325. The van der Waals surface area contributed by atoms with Crippen LogP contribution in [0.25, 0.3) is 11.4 Å². The number of ether oxygens (including phenoxy) is 3. The van der Waals surface area contributed by atoms with Gasteiger partial charge in [-0.15, -0.1) is 0 Å². The Labute approximate surface area is 220 Å². The molecule has 0 aliphatic rings. The van der Waals surface area contributed by atoms with Gasteiger partial charge >= 0.3 is 0 Å². The van der Waals surface area contributed by atoms with Crippen LogP contribution in [0, 0.1) is 11.3 Å². The molecule has 12 heteroatoms. The van der Waals surface area contributed by atoms with E-state index in [1.165, 1.54) is 38.7 Å². The van der Waals surface area contributed by atoms with Crippen LogP contribution in [-0.2, 0) is 10.0 Å². The maximum atomic E-state index is 13.4. The lowest BCUT2D eigenvalue weighted by Crippen LogP contribution is -2.17. The summed E-state index contributed by atoms with van der Waals surface area (Å²) in [6, 6.07) is 14.9. The summed E-state index contributed by atoms with van der Waals surface area (Å²) in [6.45, 7) is 3.97. The number of nitrogens with one attached hydrogen (secondary N) is 1. The van der Waals surface area contributed by atoms with Crippen LogP contribution in [-0.4, -0.2) is 42.6 Å². The third-order valence-corrected chi connectivity index (χ3v) is 6.63. The molecular weight excluding hydrogens is 508 g/mol. The molecule has 0 amide bonds. The van der Waals surface area contributed by atoms with Crippen molar-refractivity contribution < 1.29 is 22.6 Å². The van der Waals surface area contributed by atoms with Gasteiger partial charge in [0.05, 0.1) is 14.2 Å². The van der Waals surface area contributed by atoms with Gasteiger partial charge in [0.1, 0.15) is 11.8 Å². The number of para-hydroxylation sites is 2. The molecule has 4 aromatic rings. The first-order valence-electron chi connectivity index (χ1n) is 11.4. The van der Waals surface area contributed by atoms with Crippen LogP contribution >= 0.6 is 0 Å². The van der Waals surface area contributed by atoms with E-state index in [1.807, 2.05) is 19.9 Å². The van der Waals surface area contributed by atoms with Gasteiger partial charge in [0, 0.05) is 18.0 Å². The van der Waals surface area contributed by atoms with Gasteiger partial charge in [0.25, 0.3) is 15.9 Å². The second-order valence-corrected chi connectivity index (χ2v) is 9.85. The van der Waals surface area contributed by atoms with Gasteiger partial charge in [-0.2, -0.15) is 18.7 Å². The van der Waals surface area contributed by atoms with Crippen LogP contribution in [0.4, 0.5) is 5.82 Å². The molecule has 0 saturated carbocycles. The van der Waals surface area contributed by atoms with Crippen LogP contribution in [0.2, 0.25) is 0 Å². The van der Waals surface area contributed by atoms with Crippen molar-refractivity contribution in [2.75, 3.05) is 18.9 Å². The highest BCUT2D eigenvalue weighted by molar-refractivity contribution is 7.92. The molecule has 0 spiro atoms. The molecule has 1 N–H and O–H groups in total. The van der Waals surface area contributed by atoms with E-state index in [1.54, 1.807) is 36.4 Å². The molecule has 4 rings (SSSR count). The highest BCUT2D eigenvalue weighted by Gasteiger charge is 2.26. The van der Waals surface area contributed by atoms with Crippen molar-refractivity contribution in [2.45, 2.75) is 24.8 Å².